The molecule has 0 bridgehead atoms. The normalized spacial score (nSPS) is 28.5. The van der Waals surface area contributed by atoms with Gasteiger partial charge in [-0.25, -0.2) is 40.9 Å². The van der Waals surface area contributed by atoms with Crippen LogP contribution < -0.4 is 9.80 Å². The minimum Gasteiger partial charge on any atom is -0.507 e. The van der Waals surface area contributed by atoms with Crippen molar-refractivity contribution in [3.05, 3.63) is 94.1 Å². The molecule has 1 saturated carbocycles. The molecule has 0 radical (unpaired) electrons. The van der Waals surface area contributed by atoms with Crippen molar-refractivity contribution in [2.24, 2.45) is 17.8 Å². The van der Waals surface area contributed by atoms with Crippen LogP contribution >= 0.6 is 23.2 Å². The molecule has 3 aromatic carbocycles. The molecule has 7 rings (SSSR count). The summed E-state index contributed by atoms with van der Waals surface area (Å²) in [6.45, 7) is 0. The summed E-state index contributed by atoms with van der Waals surface area (Å²) in [4.78, 5) is 62.0. The van der Waals surface area contributed by atoms with Crippen molar-refractivity contribution in [2.45, 2.75) is 28.5 Å². The monoisotopic (exact) mass is 754 g/mol. The summed E-state index contributed by atoms with van der Waals surface area (Å²) in [5.41, 5.74) is -3.34. The molecule has 0 aromatic heterocycles. The lowest BCUT2D eigenvalue weighted by molar-refractivity contribution is -0.125. The molecule has 4 aliphatic rings. The Morgan fingerprint density at radius 3 is 2.04 bits per heavy atom. The highest BCUT2D eigenvalue weighted by atomic mass is 35.5. The van der Waals surface area contributed by atoms with Gasteiger partial charge in [-0.1, -0.05) is 23.8 Å². The van der Waals surface area contributed by atoms with Crippen molar-refractivity contribution < 1.29 is 65.6 Å². The number of nitrogens with zero attached hydrogens (tertiary/aromatic N) is 2. The predicted molar refractivity (Wildman–Crippen MR) is 162 cm³/mol. The summed E-state index contributed by atoms with van der Waals surface area (Å²) in [7, 11) is 0. The first-order chi connectivity index (χ1) is 23.9. The zero-order valence-corrected chi connectivity index (χ0v) is 26.6. The van der Waals surface area contributed by atoms with Gasteiger partial charge < -0.3 is 15.3 Å². The molecule has 2 aliphatic carbocycles. The summed E-state index contributed by atoms with van der Waals surface area (Å²) in [6, 6.07) is 5.82. The first-order valence-electron chi connectivity index (χ1n) is 14.8. The second-order valence-electron chi connectivity index (χ2n) is 12.4. The number of benzene rings is 3. The molecule has 3 N–H and O–H groups in total. The number of carbonyl (C=O) groups excluding carboxylic acids is 4. The van der Waals surface area contributed by atoms with Crippen LogP contribution in [-0.2, 0) is 19.2 Å². The smallest absolute Gasteiger partial charge is 0.339 e. The SMILES string of the molecule is O=C(O)c1ccc(N2C(=O)C3CC=C4C(CC5(Cl)C(=O)N(c6c(F)c(F)c(F)c(F)c6F)C(=O)C5(Cl)C4c4cccc(F)c4O)C3C2=O)cc1O. The van der Waals surface area contributed by atoms with Crippen LogP contribution in [0.25, 0.3) is 0 Å². The number of aromatic carboxylic acids is 1. The number of phenolic OH excluding ortho intramolecular Hbond substituents is 1. The third kappa shape index (κ3) is 4.29. The summed E-state index contributed by atoms with van der Waals surface area (Å²) >= 11 is 13.9. The van der Waals surface area contributed by atoms with Crippen molar-refractivity contribution in [3.8, 4) is 11.5 Å². The molecule has 51 heavy (non-hydrogen) atoms. The number of alkyl halides is 2. The van der Waals surface area contributed by atoms with Crippen LogP contribution in [0.5, 0.6) is 11.5 Å². The van der Waals surface area contributed by atoms with E-state index in [0.717, 1.165) is 36.4 Å². The van der Waals surface area contributed by atoms with Gasteiger partial charge in [-0.05, 0) is 37.0 Å². The summed E-state index contributed by atoms with van der Waals surface area (Å²) in [6.07, 6.45) is 0.208. The van der Waals surface area contributed by atoms with Gasteiger partial charge in [0, 0.05) is 17.5 Å². The quantitative estimate of drug-likeness (QED) is 0.0800. The fourth-order valence-corrected chi connectivity index (χ4v) is 8.70. The topological polar surface area (TPSA) is 153 Å². The number of halogens is 8. The van der Waals surface area contributed by atoms with Crippen molar-refractivity contribution in [3.63, 3.8) is 0 Å². The highest BCUT2D eigenvalue weighted by Crippen LogP contribution is 2.67. The van der Waals surface area contributed by atoms with Gasteiger partial charge >= 0.3 is 5.97 Å². The van der Waals surface area contributed by atoms with Crippen molar-refractivity contribution >= 4 is 64.2 Å². The number of carboxylic acids is 1. The second-order valence-corrected chi connectivity index (χ2v) is 13.6. The molecule has 6 atom stereocenters. The second kappa shape index (κ2) is 11.2. The van der Waals surface area contributed by atoms with Crippen LogP contribution in [0.2, 0.25) is 0 Å². The maximum atomic E-state index is 15.1. The molecule has 4 amide bonds. The van der Waals surface area contributed by atoms with E-state index in [0.29, 0.717) is 4.90 Å². The van der Waals surface area contributed by atoms with Crippen LogP contribution in [0.1, 0.15) is 34.7 Å². The first-order valence-corrected chi connectivity index (χ1v) is 15.5. The van der Waals surface area contributed by atoms with Crippen LogP contribution in [0, 0.1) is 52.7 Å². The number of anilines is 2. The van der Waals surface area contributed by atoms with Crippen molar-refractivity contribution in [1.29, 1.82) is 0 Å². The van der Waals surface area contributed by atoms with Gasteiger partial charge in [0.1, 0.15) is 17.0 Å². The van der Waals surface area contributed by atoms with E-state index in [4.69, 9.17) is 23.2 Å². The molecule has 2 aliphatic heterocycles. The Hall–Kier alpha value is -5.09. The third-order valence-corrected chi connectivity index (χ3v) is 11.4. The van der Waals surface area contributed by atoms with E-state index in [9.17, 15) is 56.9 Å². The lowest BCUT2D eigenvalue weighted by Crippen LogP contribution is -2.60. The molecule has 2 heterocycles. The molecule has 264 valence electrons. The van der Waals surface area contributed by atoms with Gasteiger partial charge in [-0.15, -0.1) is 23.2 Å². The molecule has 6 unspecified atom stereocenters. The number of rotatable bonds is 4. The van der Waals surface area contributed by atoms with Gasteiger partial charge in [0.15, 0.2) is 44.6 Å². The first kappa shape index (κ1) is 34.4. The van der Waals surface area contributed by atoms with E-state index in [1.165, 1.54) is 6.08 Å². The lowest BCUT2D eigenvalue weighted by atomic mass is 9.56. The zero-order valence-electron chi connectivity index (χ0n) is 25.1. The van der Waals surface area contributed by atoms with E-state index >= 15 is 8.78 Å². The van der Waals surface area contributed by atoms with E-state index in [1.54, 1.807) is 0 Å². The van der Waals surface area contributed by atoms with Gasteiger partial charge in [0.25, 0.3) is 11.8 Å². The Labute approximate surface area is 291 Å². The van der Waals surface area contributed by atoms with Crippen molar-refractivity contribution in [2.75, 3.05) is 9.80 Å². The predicted octanol–water partition coefficient (Wildman–Crippen LogP) is 5.40. The highest BCUT2D eigenvalue weighted by Gasteiger charge is 2.77. The third-order valence-electron chi connectivity index (χ3n) is 10.0. The molecule has 3 aromatic rings. The number of carbonyl (C=O) groups is 5. The maximum Gasteiger partial charge on any atom is 0.339 e. The number of imide groups is 2. The summed E-state index contributed by atoms with van der Waals surface area (Å²) in [5, 5.41) is 30.4. The maximum absolute atomic E-state index is 15.1. The number of aromatic hydroxyl groups is 2. The molecular weight excluding hydrogens is 737 g/mol. The number of fused-ring (bicyclic) bond motifs is 4. The van der Waals surface area contributed by atoms with E-state index in [-0.39, 0.29) is 17.7 Å². The van der Waals surface area contributed by atoms with Crippen LogP contribution in [0.3, 0.4) is 0 Å². The average Bonchev–Trinajstić information content (AvgIpc) is 3.42. The Bertz CT molecular complexity index is 2190. The summed E-state index contributed by atoms with van der Waals surface area (Å²) < 4.78 is 87.8. The molecule has 18 heteroatoms. The Morgan fingerprint density at radius 1 is 0.804 bits per heavy atom. The average molecular weight is 755 g/mol. The fourth-order valence-electron chi connectivity index (χ4n) is 7.77. The number of hydrogen-bond donors (Lipinski definition) is 3. The largest absolute Gasteiger partial charge is 0.507 e. The molecule has 2 saturated heterocycles. The van der Waals surface area contributed by atoms with Gasteiger partial charge in [-0.2, -0.15) is 0 Å². The molecular formula is C33H18Cl2F6N2O8. The number of allylic oxidation sites excluding steroid dienone is 2. The van der Waals surface area contributed by atoms with Crippen LogP contribution in [0.15, 0.2) is 48.0 Å². The summed E-state index contributed by atoms with van der Waals surface area (Å²) in [5.74, 6) is -28.8. The fraction of sp³-hybridized carbons (Fsp3) is 0.242. The van der Waals surface area contributed by atoms with Gasteiger partial charge in [0.2, 0.25) is 17.6 Å². The Balaban J connectivity index is 1.42. The minimum atomic E-state index is -2.98. The van der Waals surface area contributed by atoms with E-state index in [1.807, 2.05) is 0 Å². The van der Waals surface area contributed by atoms with Crippen molar-refractivity contribution in [1.82, 2.24) is 0 Å². The van der Waals surface area contributed by atoms with Gasteiger partial charge in [-0.3, -0.25) is 19.2 Å². The molecule has 3 fully saturated rings. The molecule has 10 nitrogen and oxygen atoms in total. The number of para-hydroxylation sites is 1. The van der Waals surface area contributed by atoms with E-state index < -0.39 is 138 Å². The molecule has 0 spiro atoms. The number of amides is 4. The Kier molecular flexibility index (Phi) is 7.55. The highest BCUT2D eigenvalue weighted by molar-refractivity contribution is 6.58. The lowest BCUT2D eigenvalue weighted by Gasteiger charge is -2.50. The number of carboxylic acid groups (broad SMARTS) is 1. The number of hydrogen-bond acceptors (Lipinski definition) is 7. The van der Waals surface area contributed by atoms with Crippen LogP contribution in [0.4, 0.5) is 37.7 Å². The standard InChI is InChI=1S/C33H18Cl2F6N2O8/c34-32-9-15-11(6-7-13-18(15)28(47)42(27(13)46)10-4-5-12(29(48)49)17(44)8-10)19(14-2-1-3-16(36)26(14)45)33(32,35)31(51)43(30(32)50)25-23(40)21(38)20(37)22(39)24(25)41/h1-6,8,13,15,18-19,44-45H,7,9H2,(H,48,49). The Morgan fingerprint density at radius 2 is 1.43 bits per heavy atom. The van der Waals surface area contributed by atoms with Gasteiger partial charge in [0.05, 0.1) is 17.5 Å². The number of phenols is 2. The zero-order chi connectivity index (χ0) is 37.2. The minimum absolute atomic E-state index is 0.0455. The van der Waals surface area contributed by atoms with E-state index in [2.05, 4.69) is 0 Å². The van der Waals surface area contributed by atoms with Crippen LogP contribution in [-0.4, -0.2) is 54.7 Å².